The third-order valence-electron chi connectivity index (χ3n) is 6.68. The topological polar surface area (TPSA) is 84.2 Å². The van der Waals surface area contributed by atoms with Crippen LogP contribution in [0.25, 0.3) is 0 Å². The van der Waals surface area contributed by atoms with Crippen LogP contribution in [-0.2, 0) is 25.9 Å². The van der Waals surface area contributed by atoms with Crippen LogP contribution in [0.3, 0.4) is 0 Å². The summed E-state index contributed by atoms with van der Waals surface area (Å²) >= 11 is 12.2. The Morgan fingerprint density at radius 3 is 2.59 bits per heavy atom. The molecule has 4 aromatic rings. The zero-order valence-electron chi connectivity index (χ0n) is 20.2. The molecular formula is C28H27Cl2N5O2. The molecule has 3 aromatic heterocycles. The van der Waals surface area contributed by atoms with Crippen LogP contribution in [0.4, 0.5) is 0 Å². The summed E-state index contributed by atoms with van der Waals surface area (Å²) < 4.78 is 5.49. The largest absolute Gasteiger partial charge is 0.448 e. The number of nitrogens with one attached hydrogen (secondary N) is 1. The minimum Gasteiger partial charge on any atom is -0.448 e. The Morgan fingerprint density at radius 2 is 1.84 bits per heavy atom. The van der Waals surface area contributed by atoms with Crippen molar-refractivity contribution in [1.82, 2.24) is 25.2 Å². The average molecular weight is 536 g/mol. The first-order valence-electron chi connectivity index (χ1n) is 12.3. The van der Waals surface area contributed by atoms with Crippen molar-refractivity contribution in [1.29, 1.82) is 0 Å². The van der Waals surface area contributed by atoms with Crippen molar-refractivity contribution < 1.29 is 9.21 Å². The first kappa shape index (κ1) is 25.4. The highest BCUT2D eigenvalue weighted by atomic mass is 35.5. The van der Waals surface area contributed by atoms with E-state index in [0.717, 1.165) is 50.1 Å². The molecule has 9 heteroatoms. The quantitative estimate of drug-likeness (QED) is 0.290. The van der Waals surface area contributed by atoms with E-state index in [1.165, 1.54) is 35.6 Å². The van der Waals surface area contributed by atoms with Crippen molar-refractivity contribution in [3.05, 3.63) is 111 Å². The lowest BCUT2D eigenvalue weighted by Gasteiger charge is -2.35. The molecule has 0 saturated heterocycles. The summed E-state index contributed by atoms with van der Waals surface area (Å²) in [6.45, 7) is 1.98. The number of hydrogen-bond donors (Lipinski definition) is 1. The first-order valence-corrected chi connectivity index (χ1v) is 13.0. The predicted molar refractivity (Wildman–Crippen MR) is 142 cm³/mol. The highest BCUT2D eigenvalue weighted by Gasteiger charge is 2.27. The number of amides is 1. The molecular weight excluding hydrogens is 509 g/mol. The van der Waals surface area contributed by atoms with Gasteiger partial charge in [-0.1, -0.05) is 53.5 Å². The summed E-state index contributed by atoms with van der Waals surface area (Å²) in [6, 6.07) is 12.8. The number of nitrogens with zero attached hydrogens (tertiary/aromatic N) is 4. The molecule has 1 amide bonds. The molecule has 0 aliphatic heterocycles. The third kappa shape index (κ3) is 6.18. The van der Waals surface area contributed by atoms with Gasteiger partial charge < -0.3 is 9.73 Å². The van der Waals surface area contributed by atoms with Gasteiger partial charge in [0.1, 0.15) is 5.76 Å². The molecule has 1 aromatic carbocycles. The molecule has 0 saturated carbocycles. The number of halogens is 2. The molecule has 0 bridgehead atoms. The van der Waals surface area contributed by atoms with E-state index in [9.17, 15) is 4.79 Å². The first-order chi connectivity index (χ1) is 18.1. The zero-order chi connectivity index (χ0) is 25.6. The second-order valence-corrected chi connectivity index (χ2v) is 9.94. The van der Waals surface area contributed by atoms with Gasteiger partial charge in [-0.2, -0.15) is 0 Å². The molecule has 1 atom stereocenters. The average Bonchev–Trinajstić information content (AvgIpc) is 3.44. The Kier molecular flexibility index (Phi) is 8.14. The van der Waals surface area contributed by atoms with Gasteiger partial charge in [0, 0.05) is 44.6 Å². The summed E-state index contributed by atoms with van der Waals surface area (Å²) in [5, 5.41) is 3.34. The molecule has 3 heterocycles. The van der Waals surface area contributed by atoms with Gasteiger partial charge in [0.05, 0.1) is 33.5 Å². The summed E-state index contributed by atoms with van der Waals surface area (Å²) in [7, 11) is 0. The molecule has 0 spiro atoms. The molecule has 1 unspecified atom stereocenters. The van der Waals surface area contributed by atoms with Crippen molar-refractivity contribution in [2.24, 2.45) is 0 Å². The Bertz CT molecular complexity index is 1320. The summed E-state index contributed by atoms with van der Waals surface area (Å²) in [5.74, 6) is 0.547. The van der Waals surface area contributed by atoms with Crippen LogP contribution in [-0.4, -0.2) is 32.3 Å². The Labute approximate surface area is 225 Å². The number of hydrogen-bond acceptors (Lipinski definition) is 6. The molecule has 0 radical (unpaired) electrons. The van der Waals surface area contributed by atoms with E-state index in [1.807, 2.05) is 24.4 Å². The third-order valence-corrected chi connectivity index (χ3v) is 7.25. The second-order valence-electron chi connectivity index (χ2n) is 9.12. The lowest BCUT2D eigenvalue weighted by molar-refractivity contribution is 0.0951. The highest BCUT2D eigenvalue weighted by Crippen LogP contribution is 2.34. The lowest BCUT2D eigenvalue weighted by atomic mass is 9.90. The smallest absolute Gasteiger partial charge is 0.254 e. The molecule has 190 valence electrons. The van der Waals surface area contributed by atoms with Gasteiger partial charge in [0.15, 0.2) is 6.39 Å². The normalized spacial score (nSPS) is 14.9. The standard InChI is InChI=1S/C28H27Cl2N5O2/c29-23-15-31-16-24(30)26(23)28(36)34-13-19-6-8-20(9-7-19)17-35(12-10-22-14-32-18-37-22)25-5-1-3-21-4-2-11-33-27(21)25/h2,4,6-9,11,14-16,18,25H,1,3,5,10,12-13,17H2,(H,34,36). The van der Waals surface area contributed by atoms with Crippen LogP contribution >= 0.6 is 23.2 Å². The molecule has 1 aliphatic rings. The van der Waals surface area contributed by atoms with Crippen LogP contribution in [0.2, 0.25) is 10.0 Å². The maximum atomic E-state index is 12.6. The van der Waals surface area contributed by atoms with E-state index in [0.29, 0.717) is 6.54 Å². The van der Waals surface area contributed by atoms with Crippen molar-refractivity contribution in [3.63, 3.8) is 0 Å². The monoisotopic (exact) mass is 535 g/mol. The number of oxazole rings is 1. The predicted octanol–water partition coefficient (Wildman–Crippen LogP) is 5.82. The molecule has 5 rings (SSSR count). The number of aryl methyl sites for hydroxylation is 1. The van der Waals surface area contributed by atoms with Crippen LogP contribution in [0.15, 0.2) is 72.0 Å². The minimum absolute atomic E-state index is 0.226. The Balaban J connectivity index is 1.27. The number of fused-ring (bicyclic) bond motifs is 1. The van der Waals surface area contributed by atoms with E-state index in [-0.39, 0.29) is 27.6 Å². The van der Waals surface area contributed by atoms with Crippen LogP contribution in [0.5, 0.6) is 0 Å². The fourth-order valence-electron chi connectivity index (χ4n) is 4.80. The second kappa shape index (κ2) is 11.9. The van der Waals surface area contributed by atoms with E-state index in [1.54, 1.807) is 6.20 Å². The van der Waals surface area contributed by atoms with E-state index >= 15 is 0 Å². The van der Waals surface area contributed by atoms with Gasteiger partial charge >= 0.3 is 0 Å². The number of pyridine rings is 2. The summed E-state index contributed by atoms with van der Waals surface area (Å²) in [4.78, 5) is 27.8. The molecule has 0 fully saturated rings. The van der Waals surface area contributed by atoms with E-state index in [4.69, 9.17) is 32.6 Å². The maximum Gasteiger partial charge on any atom is 0.254 e. The van der Waals surface area contributed by atoms with Crippen molar-refractivity contribution in [2.45, 2.75) is 44.8 Å². The fraction of sp³-hybridized carbons (Fsp3) is 0.286. The van der Waals surface area contributed by atoms with Gasteiger partial charge in [-0.3, -0.25) is 19.7 Å². The summed E-state index contributed by atoms with van der Waals surface area (Å²) in [5.41, 5.74) is 4.92. The number of carbonyl (C=O) groups excluding carboxylic acids is 1. The van der Waals surface area contributed by atoms with Gasteiger partial charge in [0.25, 0.3) is 5.91 Å². The SMILES string of the molecule is O=C(NCc1ccc(CN(CCc2cnco2)C2CCCc3cccnc32)cc1)c1c(Cl)cncc1Cl. The molecule has 1 N–H and O–H groups in total. The highest BCUT2D eigenvalue weighted by molar-refractivity contribution is 6.39. The van der Waals surface area contributed by atoms with Crippen LogP contribution in [0.1, 0.15) is 57.4 Å². The minimum atomic E-state index is -0.330. The van der Waals surface area contributed by atoms with Crippen molar-refractivity contribution in [2.75, 3.05) is 6.54 Å². The number of benzene rings is 1. The zero-order valence-corrected chi connectivity index (χ0v) is 21.8. The summed E-state index contributed by atoms with van der Waals surface area (Å²) in [6.07, 6.45) is 12.0. The molecule has 7 nitrogen and oxygen atoms in total. The van der Waals surface area contributed by atoms with Gasteiger partial charge in [0.2, 0.25) is 0 Å². The van der Waals surface area contributed by atoms with Gasteiger partial charge in [-0.25, -0.2) is 4.98 Å². The van der Waals surface area contributed by atoms with Crippen LogP contribution < -0.4 is 5.32 Å². The Morgan fingerprint density at radius 1 is 1.05 bits per heavy atom. The fourth-order valence-corrected chi connectivity index (χ4v) is 5.34. The van der Waals surface area contributed by atoms with E-state index < -0.39 is 0 Å². The van der Waals surface area contributed by atoms with Crippen molar-refractivity contribution in [3.8, 4) is 0 Å². The van der Waals surface area contributed by atoms with Crippen LogP contribution in [0, 0.1) is 0 Å². The van der Waals surface area contributed by atoms with Gasteiger partial charge in [-0.05, 0) is 42.0 Å². The molecule has 37 heavy (non-hydrogen) atoms. The maximum absolute atomic E-state index is 12.6. The lowest BCUT2D eigenvalue weighted by Crippen LogP contribution is -2.33. The van der Waals surface area contributed by atoms with Gasteiger partial charge in [-0.15, -0.1) is 0 Å². The number of aromatic nitrogens is 3. The Hall–Kier alpha value is -3.26. The number of rotatable bonds is 9. The molecule has 1 aliphatic carbocycles. The number of carbonyl (C=O) groups is 1. The van der Waals surface area contributed by atoms with E-state index in [2.05, 4.69) is 38.4 Å². The van der Waals surface area contributed by atoms with Crippen molar-refractivity contribution >= 4 is 29.1 Å².